The van der Waals surface area contributed by atoms with E-state index in [-0.39, 0.29) is 11.9 Å². The third-order valence-corrected chi connectivity index (χ3v) is 4.29. The molecule has 1 saturated carbocycles. The van der Waals surface area contributed by atoms with Crippen molar-refractivity contribution in [1.29, 1.82) is 0 Å². The van der Waals surface area contributed by atoms with Gasteiger partial charge in [-0.3, -0.25) is 4.79 Å². The first-order chi connectivity index (χ1) is 8.75. The Morgan fingerprint density at radius 1 is 1.28 bits per heavy atom. The van der Waals surface area contributed by atoms with E-state index in [1.807, 2.05) is 24.1 Å². The SMILES string of the molecule is CN(C(=O)[C@@H]1Cc2ccccc2N1)C1CCCC1. The molecular formula is C15H20N2O. The van der Waals surface area contributed by atoms with E-state index in [9.17, 15) is 4.79 Å². The largest absolute Gasteiger partial charge is 0.373 e. The van der Waals surface area contributed by atoms with E-state index >= 15 is 0 Å². The lowest BCUT2D eigenvalue weighted by Crippen LogP contribution is -2.44. The zero-order valence-electron chi connectivity index (χ0n) is 10.9. The second kappa shape index (κ2) is 4.63. The van der Waals surface area contributed by atoms with Crippen LogP contribution in [0.15, 0.2) is 24.3 Å². The van der Waals surface area contributed by atoms with Gasteiger partial charge in [0.25, 0.3) is 0 Å². The highest BCUT2D eigenvalue weighted by molar-refractivity contribution is 5.87. The first kappa shape index (κ1) is 11.6. The molecule has 3 rings (SSSR count). The van der Waals surface area contributed by atoms with E-state index in [4.69, 9.17) is 0 Å². The number of nitrogens with zero attached hydrogens (tertiary/aromatic N) is 1. The zero-order valence-corrected chi connectivity index (χ0v) is 10.9. The first-order valence-electron chi connectivity index (χ1n) is 6.87. The van der Waals surface area contributed by atoms with Gasteiger partial charge in [0.2, 0.25) is 5.91 Å². The van der Waals surface area contributed by atoms with Crippen LogP contribution in [-0.4, -0.2) is 29.9 Å². The standard InChI is InChI=1S/C15H20N2O/c1-17(12-7-3-4-8-12)15(18)14-10-11-6-2-5-9-13(11)16-14/h2,5-6,9,12,14,16H,3-4,7-8,10H2,1H3/t14-/m0/s1. The van der Waals surface area contributed by atoms with E-state index in [2.05, 4.69) is 17.4 Å². The fraction of sp³-hybridized carbons (Fsp3) is 0.533. The Bertz CT molecular complexity index is 427. The maximum atomic E-state index is 12.5. The molecule has 1 atom stereocenters. The smallest absolute Gasteiger partial charge is 0.245 e. The molecule has 96 valence electrons. The van der Waals surface area contributed by atoms with Crippen LogP contribution in [0.3, 0.4) is 0 Å². The molecule has 0 spiro atoms. The number of anilines is 1. The fourth-order valence-electron chi connectivity index (χ4n) is 3.16. The van der Waals surface area contributed by atoms with Crippen LogP contribution in [-0.2, 0) is 11.2 Å². The van der Waals surface area contributed by atoms with Crippen molar-refractivity contribution < 1.29 is 4.79 Å². The van der Waals surface area contributed by atoms with Crippen LogP contribution in [0.1, 0.15) is 31.2 Å². The molecule has 1 fully saturated rings. The van der Waals surface area contributed by atoms with Crippen LogP contribution in [0, 0.1) is 0 Å². The van der Waals surface area contributed by atoms with E-state index in [0.29, 0.717) is 6.04 Å². The van der Waals surface area contributed by atoms with E-state index in [1.54, 1.807) is 0 Å². The molecule has 18 heavy (non-hydrogen) atoms. The second-order valence-electron chi connectivity index (χ2n) is 5.45. The Hall–Kier alpha value is -1.51. The van der Waals surface area contributed by atoms with Crippen LogP contribution in [0.5, 0.6) is 0 Å². The topological polar surface area (TPSA) is 32.3 Å². The van der Waals surface area contributed by atoms with Gasteiger partial charge in [-0.2, -0.15) is 0 Å². The highest BCUT2D eigenvalue weighted by atomic mass is 16.2. The summed E-state index contributed by atoms with van der Waals surface area (Å²) in [6.45, 7) is 0. The average molecular weight is 244 g/mol. The molecule has 3 heteroatoms. The summed E-state index contributed by atoms with van der Waals surface area (Å²) >= 11 is 0. The summed E-state index contributed by atoms with van der Waals surface area (Å²) in [5.74, 6) is 0.248. The number of nitrogens with one attached hydrogen (secondary N) is 1. The van der Waals surface area contributed by atoms with Gasteiger partial charge in [0.15, 0.2) is 0 Å². The predicted molar refractivity (Wildman–Crippen MR) is 72.6 cm³/mol. The minimum atomic E-state index is -0.0620. The number of rotatable bonds is 2. The Balaban J connectivity index is 1.68. The quantitative estimate of drug-likeness (QED) is 0.866. The first-order valence-corrected chi connectivity index (χ1v) is 6.87. The molecule has 1 aromatic rings. The normalized spacial score (nSPS) is 22.6. The molecule has 1 N–H and O–H groups in total. The third-order valence-electron chi connectivity index (χ3n) is 4.29. The van der Waals surface area contributed by atoms with Crippen molar-refractivity contribution in [3.63, 3.8) is 0 Å². The lowest BCUT2D eigenvalue weighted by Gasteiger charge is -2.27. The Morgan fingerprint density at radius 3 is 2.72 bits per heavy atom. The van der Waals surface area contributed by atoms with Gasteiger partial charge in [0, 0.05) is 25.2 Å². The number of para-hydroxylation sites is 1. The predicted octanol–water partition coefficient (Wildman–Crippen LogP) is 2.42. The van der Waals surface area contributed by atoms with Gasteiger partial charge in [-0.15, -0.1) is 0 Å². The maximum Gasteiger partial charge on any atom is 0.245 e. The Kier molecular flexibility index (Phi) is 2.98. The van der Waals surface area contributed by atoms with Gasteiger partial charge in [0.05, 0.1) is 0 Å². The Morgan fingerprint density at radius 2 is 2.00 bits per heavy atom. The molecule has 3 nitrogen and oxygen atoms in total. The molecule has 1 aliphatic heterocycles. The number of carbonyl (C=O) groups is 1. The average Bonchev–Trinajstić information content (AvgIpc) is 3.05. The van der Waals surface area contributed by atoms with E-state index in [1.165, 1.54) is 31.2 Å². The number of benzene rings is 1. The molecule has 0 bridgehead atoms. The van der Waals surface area contributed by atoms with Crippen molar-refractivity contribution in [2.45, 2.75) is 44.2 Å². The number of hydrogen-bond acceptors (Lipinski definition) is 2. The van der Waals surface area contributed by atoms with Crippen molar-refractivity contribution in [3.8, 4) is 0 Å². The second-order valence-corrected chi connectivity index (χ2v) is 5.45. The van der Waals surface area contributed by atoms with Gasteiger partial charge >= 0.3 is 0 Å². The highest BCUT2D eigenvalue weighted by Crippen LogP contribution is 2.28. The number of hydrogen-bond donors (Lipinski definition) is 1. The monoisotopic (exact) mass is 244 g/mol. The number of likely N-dealkylation sites (N-methyl/N-ethyl adjacent to an activating group) is 1. The van der Waals surface area contributed by atoms with Gasteiger partial charge in [-0.05, 0) is 24.5 Å². The summed E-state index contributed by atoms with van der Waals surface area (Å²) in [4.78, 5) is 14.4. The molecule has 0 radical (unpaired) electrons. The maximum absolute atomic E-state index is 12.5. The van der Waals surface area contributed by atoms with Gasteiger partial charge in [-0.25, -0.2) is 0 Å². The summed E-state index contributed by atoms with van der Waals surface area (Å²) in [6.07, 6.45) is 5.69. The summed E-state index contributed by atoms with van der Waals surface area (Å²) in [5.41, 5.74) is 2.38. The molecular weight excluding hydrogens is 224 g/mol. The number of fused-ring (bicyclic) bond motifs is 1. The Labute approximate surface area is 108 Å². The van der Waals surface area contributed by atoms with Gasteiger partial charge < -0.3 is 10.2 Å². The van der Waals surface area contributed by atoms with Crippen LogP contribution in [0.25, 0.3) is 0 Å². The summed E-state index contributed by atoms with van der Waals surface area (Å²) in [6, 6.07) is 8.60. The summed E-state index contributed by atoms with van der Waals surface area (Å²) in [7, 11) is 1.96. The van der Waals surface area contributed by atoms with E-state index < -0.39 is 0 Å². The minimum Gasteiger partial charge on any atom is -0.373 e. The fourth-order valence-corrected chi connectivity index (χ4v) is 3.16. The highest BCUT2D eigenvalue weighted by Gasteiger charge is 2.32. The molecule has 0 saturated heterocycles. The summed E-state index contributed by atoms with van der Waals surface area (Å²) < 4.78 is 0. The van der Waals surface area contributed by atoms with Crippen LogP contribution >= 0.6 is 0 Å². The molecule has 1 amide bonds. The van der Waals surface area contributed by atoms with Crippen molar-refractivity contribution in [3.05, 3.63) is 29.8 Å². The lowest BCUT2D eigenvalue weighted by molar-refractivity contribution is -0.132. The van der Waals surface area contributed by atoms with Crippen molar-refractivity contribution >= 4 is 11.6 Å². The van der Waals surface area contributed by atoms with Crippen LogP contribution in [0.4, 0.5) is 5.69 Å². The molecule has 2 aliphatic rings. The molecule has 1 aliphatic carbocycles. The van der Waals surface area contributed by atoms with Gasteiger partial charge in [0.1, 0.15) is 6.04 Å². The van der Waals surface area contributed by atoms with Crippen molar-refractivity contribution in [1.82, 2.24) is 4.90 Å². The molecule has 0 unspecified atom stereocenters. The van der Waals surface area contributed by atoms with Gasteiger partial charge in [-0.1, -0.05) is 31.0 Å². The molecule has 1 heterocycles. The van der Waals surface area contributed by atoms with Crippen LogP contribution < -0.4 is 5.32 Å². The number of carbonyl (C=O) groups excluding carboxylic acids is 1. The molecule has 0 aromatic heterocycles. The van der Waals surface area contributed by atoms with Crippen molar-refractivity contribution in [2.24, 2.45) is 0 Å². The zero-order chi connectivity index (χ0) is 12.5. The molecule has 1 aromatic carbocycles. The third kappa shape index (κ3) is 1.98. The van der Waals surface area contributed by atoms with Crippen molar-refractivity contribution in [2.75, 3.05) is 12.4 Å². The van der Waals surface area contributed by atoms with E-state index in [0.717, 1.165) is 12.1 Å². The summed E-state index contributed by atoms with van der Waals surface area (Å²) in [5, 5.41) is 3.35. The minimum absolute atomic E-state index is 0.0620. The lowest BCUT2D eigenvalue weighted by atomic mass is 10.1. The van der Waals surface area contributed by atoms with Crippen LogP contribution in [0.2, 0.25) is 0 Å². The number of amides is 1.